The molecule has 0 N–H and O–H groups in total. The van der Waals surface area contributed by atoms with Gasteiger partial charge in [-0.25, -0.2) is 0 Å². The first-order chi connectivity index (χ1) is 14.7. The molecule has 0 amide bonds. The number of esters is 3. The number of carbonyl (C=O) groups is 4. The lowest BCUT2D eigenvalue weighted by Crippen LogP contribution is -2.46. The molecule has 8 unspecified atom stereocenters. The summed E-state index contributed by atoms with van der Waals surface area (Å²) in [5.74, 6) is -3.83. The Labute approximate surface area is 189 Å². The molecule has 7 heteroatoms. The number of hydrogen-bond donors (Lipinski definition) is 0. The van der Waals surface area contributed by atoms with Crippen LogP contribution in [-0.4, -0.2) is 41.0 Å². The lowest BCUT2D eigenvalue weighted by Gasteiger charge is -2.36. The van der Waals surface area contributed by atoms with Crippen LogP contribution in [0.15, 0.2) is 12.2 Å². The molecule has 0 spiro atoms. The van der Waals surface area contributed by atoms with Gasteiger partial charge in [-0.2, -0.15) is 0 Å². The van der Waals surface area contributed by atoms with E-state index in [0.717, 1.165) is 0 Å². The Kier molecular flexibility index (Phi) is 5.53. The summed E-state index contributed by atoms with van der Waals surface area (Å²) in [4.78, 5) is 51.2. The Morgan fingerprint density at radius 2 is 1.41 bits per heavy atom. The first kappa shape index (κ1) is 23.0. The van der Waals surface area contributed by atoms with Gasteiger partial charge in [-0.3, -0.25) is 19.2 Å². The minimum atomic E-state index is -0.706. The van der Waals surface area contributed by atoms with Crippen molar-refractivity contribution in [1.29, 1.82) is 0 Å². The number of allylic oxidation sites excluding steroid dienone is 2. The van der Waals surface area contributed by atoms with Crippen molar-refractivity contribution >= 4 is 23.7 Å². The molecule has 7 nitrogen and oxygen atoms in total. The predicted octanol–water partition coefficient (Wildman–Crippen LogP) is 3.25. The van der Waals surface area contributed by atoms with Crippen molar-refractivity contribution in [2.45, 2.75) is 78.1 Å². The Balaban J connectivity index is 1.50. The standard InChI is InChI=1S/C25H34O7/c1-24(2,3)31-22(28)18-13-10-16(19(18)23(29)32-25(4,5)6)17(11-13)30-21(27)15-9-12-7-8-14(15)20(12)26/h7-8,12-19H,9-11H2,1-6H3. The summed E-state index contributed by atoms with van der Waals surface area (Å²) in [5, 5.41) is 0. The van der Waals surface area contributed by atoms with Crippen molar-refractivity contribution in [2.75, 3.05) is 0 Å². The van der Waals surface area contributed by atoms with E-state index in [1.54, 1.807) is 41.5 Å². The summed E-state index contributed by atoms with van der Waals surface area (Å²) in [5.41, 5.74) is -1.36. The molecule has 0 heterocycles. The quantitative estimate of drug-likeness (QED) is 0.372. The highest BCUT2D eigenvalue weighted by Crippen LogP contribution is 2.55. The summed E-state index contributed by atoms with van der Waals surface area (Å²) in [6.45, 7) is 10.8. The molecule has 4 aliphatic rings. The maximum atomic E-state index is 13.1. The highest BCUT2D eigenvalue weighted by atomic mass is 16.6. The highest BCUT2D eigenvalue weighted by molar-refractivity contribution is 5.96. The summed E-state index contributed by atoms with van der Waals surface area (Å²) >= 11 is 0. The number of ketones is 1. The lowest BCUT2D eigenvalue weighted by atomic mass is 9.77. The van der Waals surface area contributed by atoms with Gasteiger partial charge in [0.05, 0.1) is 17.8 Å². The maximum absolute atomic E-state index is 13.1. The van der Waals surface area contributed by atoms with E-state index in [4.69, 9.17) is 14.2 Å². The van der Waals surface area contributed by atoms with Crippen LogP contribution in [0.3, 0.4) is 0 Å². The molecule has 3 saturated carbocycles. The molecule has 4 bridgehead atoms. The first-order valence-corrected chi connectivity index (χ1v) is 11.6. The Morgan fingerprint density at radius 3 is 1.91 bits per heavy atom. The van der Waals surface area contributed by atoms with Crippen LogP contribution in [0.25, 0.3) is 0 Å². The molecule has 8 atom stereocenters. The van der Waals surface area contributed by atoms with Crippen LogP contribution in [0.5, 0.6) is 0 Å². The fourth-order valence-corrected chi connectivity index (χ4v) is 5.95. The monoisotopic (exact) mass is 446 g/mol. The maximum Gasteiger partial charge on any atom is 0.310 e. The number of carbonyl (C=O) groups excluding carboxylic acids is 4. The average Bonchev–Trinajstić information content (AvgIpc) is 3.37. The van der Waals surface area contributed by atoms with Crippen molar-refractivity contribution in [3.8, 4) is 0 Å². The number of ether oxygens (including phenoxy) is 3. The van der Waals surface area contributed by atoms with E-state index in [1.165, 1.54) is 0 Å². The third-order valence-corrected chi connectivity index (χ3v) is 7.06. The molecular formula is C25H34O7. The predicted molar refractivity (Wildman–Crippen MR) is 114 cm³/mol. The largest absolute Gasteiger partial charge is 0.462 e. The van der Waals surface area contributed by atoms with Gasteiger partial charge in [0, 0.05) is 17.8 Å². The van der Waals surface area contributed by atoms with E-state index >= 15 is 0 Å². The molecule has 0 aromatic carbocycles. The molecule has 0 aromatic heterocycles. The van der Waals surface area contributed by atoms with Crippen LogP contribution in [-0.2, 0) is 33.4 Å². The number of hydrogen-bond acceptors (Lipinski definition) is 7. The first-order valence-electron chi connectivity index (χ1n) is 11.6. The summed E-state index contributed by atoms with van der Waals surface area (Å²) in [6, 6.07) is 0. The summed E-state index contributed by atoms with van der Waals surface area (Å²) < 4.78 is 17.2. The SMILES string of the molecule is CC(C)(C)OC(=O)C1C2CC(OC(=O)C3CC4C=CC3C4=O)C(C2)C1C(=O)OC(C)(C)C. The average molecular weight is 447 g/mol. The second-order valence-electron chi connectivity index (χ2n) is 11.8. The van der Waals surface area contributed by atoms with Gasteiger partial charge < -0.3 is 14.2 Å². The normalized spacial score (nSPS) is 37.6. The van der Waals surface area contributed by atoms with Gasteiger partial charge in [-0.05, 0) is 66.7 Å². The summed E-state index contributed by atoms with van der Waals surface area (Å²) in [7, 11) is 0. The van der Waals surface area contributed by atoms with E-state index < -0.39 is 47.0 Å². The molecule has 0 saturated heterocycles. The molecule has 3 fully saturated rings. The van der Waals surface area contributed by atoms with Crippen LogP contribution < -0.4 is 0 Å². The molecule has 0 aliphatic heterocycles. The van der Waals surface area contributed by atoms with Crippen LogP contribution >= 0.6 is 0 Å². The van der Waals surface area contributed by atoms with Crippen molar-refractivity contribution in [3.63, 3.8) is 0 Å². The molecule has 32 heavy (non-hydrogen) atoms. The highest BCUT2D eigenvalue weighted by Gasteiger charge is 2.61. The topological polar surface area (TPSA) is 96.0 Å². The third-order valence-electron chi connectivity index (χ3n) is 7.06. The third kappa shape index (κ3) is 4.23. The van der Waals surface area contributed by atoms with Crippen molar-refractivity contribution in [2.24, 2.45) is 41.4 Å². The number of rotatable bonds is 4. The minimum Gasteiger partial charge on any atom is -0.462 e. The van der Waals surface area contributed by atoms with Gasteiger partial charge in [0.15, 0.2) is 0 Å². The van der Waals surface area contributed by atoms with Crippen molar-refractivity contribution < 1.29 is 33.4 Å². The van der Waals surface area contributed by atoms with Crippen molar-refractivity contribution in [1.82, 2.24) is 0 Å². The van der Waals surface area contributed by atoms with Crippen molar-refractivity contribution in [3.05, 3.63) is 12.2 Å². The lowest BCUT2D eigenvalue weighted by molar-refractivity contribution is -0.181. The van der Waals surface area contributed by atoms with Crippen LogP contribution in [0, 0.1) is 41.4 Å². The Bertz CT molecular complexity index is 858. The zero-order valence-corrected chi connectivity index (χ0v) is 19.8. The van der Waals surface area contributed by atoms with Gasteiger partial charge in [0.2, 0.25) is 0 Å². The Hall–Kier alpha value is -2.18. The van der Waals surface area contributed by atoms with E-state index in [2.05, 4.69) is 0 Å². The molecule has 176 valence electrons. The van der Waals surface area contributed by atoms with E-state index in [0.29, 0.717) is 19.3 Å². The fourth-order valence-electron chi connectivity index (χ4n) is 5.95. The molecule has 4 rings (SSSR count). The second kappa shape index (κ2) is 7.70. The Morgan fingerprint density at radius 1 is 0.812 bits per heavy atom. The van der Waals surface area contributed by atoms with Gasteiger partial charge in [-0.1, -0.05) is 12.2 Å². The van der Waals surface area contributed by atoms with Crippen LogP contribution in [0.1, 0.15) is 60.8 Å². The number of fused-ring (bicyclic) bond motifs is 4. The second-order valence-corrected chi connectivity index (χ2v) is 11.8. The van der Waals surface area contributed by atoms with Crippen LogP contribution in [0.2, 0.25) is 0 Å². The fraction of sp³-hybridized carbons (Fsp3) is 0.760. The summed E-state index contributed by atoms with van der Waals surface area (Å²) in [6.07, 6.45) is 4.85. The minimum absolute atomic E-state index is 0.0940. The van der Waals surface area contributed by atoms with Crippen LogP contribution in [0.4, 0.5) is 0 Å². The molecule has 0 radical (unpaired) electrons. The van der Waals surface area contributed by atoms with E-state index in [1.807, 2.05) is 12.2 Å². The number of Topliss-reactive ketones (excluding diaryl/α,β-unsaturated/α-hetero) is 1. The molecular weight excluding hydrogens is 412 g/mol. The van der Waals surface area contributed by atoms with Gasteiger partial charge >= 0.3 is 17.9 Å². The van der Waals surface area contributed by atoms with Gasteiger partial charge in [0.1, 0.15) is 23.1 Å². The molecule has 4 aliphatic carbocycles. The smallest absolute Gasteiger partial charge is 0.310 e. The van der Waals surface area contributed by atoms with E-state index in [9.17, 15) is 19.2 Å². The van der Waals surface area contributed by atoms with Gasteiger partial charge in [-0.15, -0.1) is 0 Å². The molecule has 0 aromatic rings. The zero-order chi connectivity index (χ0) is 23.6. The van der Waals surface area contributed by atoms with E-state index in [-0.39, 0.29) is 35.4 Å². The van der Waals surface area contributed by atoms with Gasteiger partial charge in [0.25, 0.3) is 0 Å². The zero-order valence-electron chi connectivity index (χ0n) is 19.8.